The molecule has 3 N–H and O–H groups in total. The van der Waals surface area contributed by atoms with Crippen molar-refractivity contribution in [2.24, 2.45) is 5.73 Å². The fraction of sp³-hybridized carbons (Fsp3) is 0.273. The number of aliphatic carboxylic acids is 1. The Balaban J connectivity index is 2.63. The summed E-state index contributed by atoms with van der Waals surface area (Å²) in [6, 6.07) is 6.82. The predicted molar refractivity (Wildman–Crippen MR) is 57.1 cm³/mol. The van der Waals surface area contributed by atoms with Gasteiger partial charge in [0.1, 0.15) is 5.75 Å². The zero-order valence-electron chi connectivity index (χ0n) is 8.68. The van der Waals surface area contributed by atoms with Crippen LogP contribution in [0.5, 0.6) is 5.75 Å². The maximum Gasteiger partial charge on any atom is 0.307 e. The molecule has 0 spiro atoms. The highest BCUT2D eigenvalue weighted by molar-refractivity contribution is 5.74. The topological polar surface area (TPSA) is 89.6 Å². The molecule has 1 aromatic rings. The first-order valence-corrected chi connectivity index (χ1v) is 4.80. The zero-order chi connectivity index (χ0) is 12.0. The lowest BCUT2D eigenvalue weighted by Gasteiger charge is -2.08. The molecule has 1 amide bonds. The highest BCUT2D eigenvalue weighted by atomic mass is 16.5. The Morgan fingerprint density at radius 1 is 1.31 bits per heavy atom. The van der Waals surface area contributed by atoms with E-state index in [4.69, 9.17) is 15.6 Å². The van der Waals surface area contributed by atoms with Crippen molar-refractivity contribution in [1.82, 2.24) is 0 Å². The van der Waals surface area contributed by atoms with Crippen molar-refractivity contribution in [1.29, 1.82) is 0 Å². The lowest BCUT2D eigenvalue weighted by atomic mass is 10.1. The summed E-state index contributed by atoms with van der Waals surface area (Å²) in [7, 11) is 0. The number of hydrogen-bond donors (Lipinski definition) is 2. The first-order chi connectivity index (χ1) is 7.59. The number of nitrogens with two attached hydrogens (primary N) is 1. The fourth-order valence-electron chi connectivity index (χ4n) is 1.22. The lowest BCUT2D eigenvalue weighted by molar-refractivity contribution is -0.136. The van der Waals surface area contributed by atoms with Gasteiger partial charge in [0.05, 0.1) is 19.4 Å². The van der Waals surface area contributed by atoms with E-state index >= 15 is 0 Å². The molecule has 5 nitrogen and oxygen atoms in total. The van der Waals surface area contributed by atoms with E-state index in [9.17, 15) is 9.59 Å². The summed E-state index contributed by atoms with van der Waals surface area (Å²) in [6.45, 7) is 0.159. The van der Waals surface area contributed by atoms with E-state index in [0.29, 0.717) is 11.3 Å². The minimum absolute atomic E-state index is 0.104. The number of carboxylic acid groups (broad SMARTS) is 1. The van der Waals surface area contributed by atoms with Gasteiger partial charge in [0.2, 0.25) is 5.91 Å². The molecule has 0 aromatic heterocycles. The number of hydrogen-bond acceptors (Lipinski definition) is 3. The second-order valence-electron chi connectivity index (χ2n) is 3.24. The first kappa shape index (κ1) is 12.0. The zero-order valence-corrected chi connectivity index (χ0v) is 8.68. The van der Waals surface area contributed by atoms with Crippen LogP contribution in [-0.4, -0.2) is 23.6 Å². The number of rotatable bonds is 6. The standard InChI is InChI=1S/C11H13NO4/c12-10(13)5-6-16-9-4-2-1-3-8(9)7-11(14)15/h1-4H,5-7H2,(H2,12,13)(H,14,15). The van der Waals surface area contributed by atoms with Crippen LogP contribution in [0.3, 0.4) is 0 Å². The molecule has 0 heterocycles. The van der Waals surface area contributed by atoms with Crippen LogP contribution >= 0.6 is 0 Å². The second kappa shape index (κ2) is 5.75. The van der Waals surface area contributed by atoms with Gasteiger partial charge in [-0.2, -0.15) is 0 Å². The number of ether oxygens (including phenoxy) is 1. The molecule has 1 aromatic carbocycles. The van der Waals surface area contributed by atoms with E-state index in [-0.39, 0.29) is 19.4 Å². The van der Waals surface area contributed by atoms with Crippen LogP contribution in [0.1, 0.15) is 12.0 Å². The average Bonchev–Trinajstić information content (AvgIpc) is 2.19. The van der Waals surface area contributed by atoms with Crippen LogP contribution in [0.4, 0.5) is 0 Å². The molecule has 0 aliphatic heterocycles. The molecule has 16 heavy (non-hydrogen) atoms. The minimum atomic E-state index is -0.925. The van der Waals surface area contributed by atoms with Gasteiger partial charge in [-0.3, -0.25) is 9.59 Å². The van der Waals surface area contributed by atoms with Gasteiger partial charge in [0, 0.05) is 5.56 Å². The first-order valence-electron chi connectivity index (χ1n) is 4.80. The summed E-state index contributed by atoms with van der Waals surface area (Å²) >= 11 is 0. The Morgan fingerprint density at radius 2 is 2.00 bits per heavy atom. The third-order valence-corrected chi connectivity index (χ3v) is 1.92. The summed E-state index contributed by atoms with van der Waals surface area (Å²) in [5.74, 6) is -0.896. The molecular formula is C11H13NO4. The number of benzene rings is 1. The SMILES string of the molecule is NC(=O)CCOc1ccccc1CC(=O)O. The van der Waals surface area contributed by atoms with Crippen LogP contribution < -0.4 is 10.5 Å². The van der Waals surface area contributed by atoms with Gasteiger partial charge in [-0.05, 0) is 6.07 Å². The predicted octanol–water partition coefficient (Wildman–Crippen LogP) is 0.568. The van der Waals surface area contributed by atoms with E-state index in [1.165, 1.54) is 0 Å². The number of carboxylic acids is 1. The van der Waals surface area contributed by atoms with E-state index in [1.807, 2.05) is 0 Å². The van der Waals surface area contributed by atoms with Gasteiger partial charge in [0.25, 0.3) is 0 Å². The van der Waals surface area contributed by atoms with Crippen molar-refractivity contribution < 1.29 is 19.4 Å². The Hall–Kier alpha value is -2.04. The Kier molecular flexibility index (Phi) is 4.32. The number of primary amides is 1. The quantitative estimate of drug-likeness (QED) is 0.737. The maximum absolute atomic E-state index is 10.6. The molecular weight excluding hydrogens is 210 g/mol. The lowest BCUT2D eigenvalue weighted by Crippen LogP contribution is -2.15. The third kappa shape index (κ3) is 4.00. The van der Waals surface area contributed by atoms with Crippen molar-refractivity contribution >= 4 is 11.9 Å². The highest BCUT2D eigenvalue weighted by Crippen LogP contribution is 2.18. The molecule has 0 aliphatic carbocycles. The molecule has 86 valence electrons. The van der Waals surface area contributed by atoms with Crippen LogP contribution in [0.15, 0.2) is 24.3 Å². The summed E-state index contributed by atoms with van der Waals surface area (Å²) < 4.78 is 5.28. The van der Waals surface area contributed by atoms with Gasteiger partial charge >= 0.3 is 5.97 Å². The average molecular weight is 223 g/mol. The van der Waals surface area contributed by atoms with Crippen molar-refractivity contribution in [3.63, 3.8) is 0 Å². The Morgan fingerprint density at radius 3 is 2.62 bits per heavy atom. The smallest absolute Gasteiger partial charge is 0.307 e. The largest absolute Gasteiger partial charge is 0.493 e. The third-order valence-electron chi connectivity index (χ3n) is 1.92. The molecule has 0 unspecified atom stereocenters. The van der Waals surface area contributed by atoms with E-state index < -0.39 is 11.9 Å². The summed E-state index contributed by atoms with van der Waals surface area (Å²) in [5.41, 5.74) is 5.55. The maximum atomic E-state index is 10.6. The van der Waals surface area contributed by atoms with Crippen molar-refractivity contribution in [2.75, 3.05) is 6.61 Å². The number of carbonyl (C=O) groups is 2. The van der Waals surface area contributed by atoms with Crippen LogP contribution in [-0.2, 0) is 16.0 Å². The van der Waals surface area contributed by atoms with E-state index in [2.05, 4.69) is 0 Å². The van der Waals surface area contributed by atoms with Gasteiger partial charge in [-0.1, -0.05) is 18.2 Å². The van der Waals surface area contributed by atoms with E-state index in [0.717, 1.165) is 0 Å². The van der Waals surface area contributed by atoms with Crippen molar-refractivity contribution in [3.8, 4) is 5.75 Å². The molecule has 0 saturated heterocycles. The molecule has 0 bridgehead atoms. The van der Waals surface area contributed by atoms with Crippen LogP contribution in [0, 0.1) is 0 Å². The van der Waals surface area contributed by atoms with Crippen molar-refractivity contribution in [2.45, 2.75) is 12.8 Å². The molecule has 5 heteroatoms. The summed E-state index contributed by atoms with van der Waals surface area (Å²) in [5, 5.41) is 8.68. The van der Waals surface area contributed by atoms with Gasteiger partial charge < -0.3 is 15.6 Å². The molecule has 0 fully saturated rings. The molecule has 0 aliphatic rings. The summed E-state index contributed by atoms with van der Waals surface area (Å²) in [4.78, 5) is 21.1. The molecule has 1 rings (SSSR count). The molecule has 0 radical (unpaired) electrons. The number of amides is 1. The van der Waals surface area contributed by atoms with Crippen LogP contribution in [0.25, 0.3) is 0 Å². The number of carbonyl (C=O) groups excluding carboxylic acids is 1. The molecule has 0 atom stereocenters. The van der Waals surface area contributed by atoms with E-state index in [1.54, 1.807) is 24.3 Å². The Labute approximate surface area is 92.8 Å². The number of para-hydroxylation sites is 1. The van der Waals surface area contributed by atoms with Crippen LogP contribution in [0.2, 0.25) is 0 Å². The fourth-order valence-corrected chi connectivity index (χ4v) is 1.22. The van der Waals surface area contributed by atoms with Crippen molar-refractivity contribution in [3.05, 3.63) is 29.8 Å². The highest BCUT2D eigenvalue weighted by Gasteiger charge is 2.07. The summed E-state index contributed by atoms with van der Waals surface area (Å²) in [6.07, 6.45) is 0.00809. The second-order valence-corrected chi connectivity index (χ2v) is 3.24. The normalized spacial score (nSPS) is 9.75. The van der Waals surface area contributed by atoms with Gasteiger partial charge in [0.15, 0.2) is 0 Å². The minimum Gasteiger partial charge on any atom is -0.493 e. The van der Waals surface area contributed by atoms with Gasteiger partial charge in [-0.25, -0.2) is 0 Å². The monoisotopic (exact) mass is 223 g/mol. The Bertz CT molecular complexity index is 389. The van der Waals surface area contributed by atoms with Gasteiger partial charge in [-0.15, -0.1) is 0 Å². The molecule has 0 saturated carbocycles.